The number of anilines is 1. The Kier molecular flexibility index (Phi) is 3.80. The van der Waals surface area contributed by atoms with Crippen LogP contribution in [0, 0.1) is 0 Å². The van der Waals surface area contributed by atoms with E-state index < -0.39 is 0 Å². The molecule has 0 fully saturated rings. The van der Waals surface area contributed by atoms with Crippen LogP contribution in [0.5, 0.6) is 0 Å². The van der Waals surface area contributed by atoms with Gasteiger partial charge in [-0.3, -0.25) is 19.5 Å². The molecular weight excluding hydrogens is 300 g/mol. The average Bonchev–Trinajstić information content (AvgIpc) is 3.17. The molecule has 110 valence electrons. The number of carbonyl (C=O) groups is 2. The SMILES string of the molecule is CC(=O)c1csc(C(=O)Nc2nncn2-c2ccccc2)c1. The highest BCUT2D eigenvalue weighted by Crippen LogP contribution is 2.18. The van der Waals surface area contributed by atoms with Crippen molar-refractivity contribution in [1.82, 2.24) is 14.8 Å². The third-order valence-corrected chi connectivity index (χ3v) is 3.97. The van der Waals surface area contributed by atoms with Crippen LogP contribution < -0.4 is 5.32 Å². The molecule has 0 saturated carbocycles. The topological polar surface area (TPSA) is 76.9 Å². The van der Waals surface area contributed by atoms with Gasteiger partial charge in [0.25, 0.3) is 5.91 Å². The molecule has 0 radical (unpaired) electrons. The van der Waals surface area contributed by atoms with Gasteiger partial charge in [-0.25, -0.2) is 0 Å². The molecule has 6 nitrogen and oxygen atoms in total. The number of aromatic nitrogens is 3. The molecule has 0 aliphatic rings. The van der Waals surface area contributed by atoms with Crippen LogP contribution in [-0.2, 0) is 0 Å². The van der Waals surface area contributed by atoms with E-state index in [1.807, 2.05) is 30.3 Å². The van der Waals surface area contributed by atoms with Crippen molar-refractivity contribution in [1.29, 1.82) is 0 Å². The van der Waals surface area contributed by atoms with Crippen LogP contribution >= 0.6 is 11.3 Å². The van der Waals surface area contributed by atoms with E-state index in [2.05, 4.69) is 15.5 Å². The van der Waals surface area contributed by atoms with Gasteiger partial charge in [-0.2, -0.15) is 0 Å². The summed E-state index contributed by atoms with van der Waals surface area (Å²) in [6, 6.07) is 11.0. The van der Waals surface area contributed by atoms with Gasteiger partial charge in [0.05, 0.1) is 10.6 Å². The van der Waals surface area contributed by atoms with E-state index in [0.29, 0.717) is 16.4 Å². The van der Waals surface area contributed by atoms with E-state index in [4.69, 9.17) is 0 Å². The van der Waals surface area contributed by atoms with Crippen molar-refractivity contribution in [3.8, 4) is 5.69 Å². The fraction of sp³-hybridized carbons (Fsp3) is 0.0667. The van der Waals surface area contributed by atoms with Gasteiger partial charge in [-0.15, -0.1) is 21.5 Å². The summed E-state index contributed by atoms with van der Waals surface area (Å²) in [5.41, 5.74) is 1.37. The van der Waals surface area contributed by atoms with E-state index in [0.717, 1.165) is 5.69 Å². The molecule has 0 saturated heterocycles. The number of nitrogens with one attached hydrogen (secondary N) is 1. The Morgan fingerprint density at radius 1 is 1.23 bits per heavy atom. The minimum absolute atomic E-state index is 0.0669. The predicted octanol–water partition coefficient (Wildman–Crippen LogP) is 2.78. The third-order valence-electron chi connectivity index (χ3n) is 3.04. The molecule has 0 atom stereocenters. The van der Waals surface area contributed by atoms with Crippen LogP contribution in [0.25, 0.3) is 5.69 Å². The fourth-order valence-electron chi connectivity index (χ4n) is 1.90. The second kappa shape index (κ2) is 5.90. The average molecular weight is 312 g/mol. The number of Topliss-reactive ketones (excluding diaryl/α,β-unsaturated/α-hetero) is 1. The Hall–Kier alpha value is -2.80. The van der Waals surface area contributed by atoms with Crippen molar-refractivity contribution in [2.24, 2.45) is 0 Å². The van der Waals surface area contributed by atoms with Crippen molar-refractivity contribution in [2.45, 2.75) is 6.92 Å². The van der Waals surface area contributed by atoms with Crippen LogP contribution in [-0.4, -0.2) is 26.5 Å². The van der Waals surface area contributed by atoms with Crippen molar-refractivity contribution in [3.05, 3.63) is 58.5 Å². The summed E-state index contributed by atoms with van der Waals surface area (Å²) in [6.45, 7) is 1.47. The molecule has 2 heterocycles. The first-order valence-corrected chi connectivity index (χ1v) is 7.39. The van der Waals surface area contributed by atoms with Crippen LogP contribution in [0.3, 0.4) is 0 Å². The lowest BCUT2D eigenvalue weighted by atomic mass is 10.2. The number of ketones is 1. The number of benzene rings is 1. The summed E-state index contributed by atoms with van der Waals surface area (Å²) < 4.78 is 1.68. The van der Waals surface area contributed by atoms with E-state index >= 15 is 0 Å². The Labute approximate surface area is 130 Å². The minimum atomic E-state index is -0.317. The maximum atomic E-state index is 12.2. The maximum absolute atomic E-state index is 12.2. The highest BCUT2D eigenvalue weighted by atomic mass is 32.1. The Balaban J connectivity index is 1.83. The number of nitrogens with zero attached hydrogens (tertiary/aromatic N) is 3. The first-order valence-electron chi connectivity index (χ1n) is 6.51. The van der Waals surface area contributed by atoms with E-state index in [1.165, 1.54) is 24.6 Å². The summed E-state index contributed by atoms with van der Waals surface area (Å²) in [5, 5.41) is 12.1. The van der Waals surface area contributed by atoms with Crippen molar-refractivity contribution in [2.75, 3.05) is 5.32 Å². The van der Waals surface area contributed by atoms with Crippen molar-refractivity contribution < 1.29 is 9.59 Å². The molecule has 3 aromatic rings. The summed E-state index contributed by atoms with van der Waals surface area (Å²) in [6.07, 6.45) is 1.53. The standard InChI is InChI=1S/C15H12N4O2S/c1-10(20)11-7-13(22-8-11)14(21)17-15-18-16-9-19(15)12-5-3-2-4-6-12/h2-9H,1H3,(H,17,18,21). The zero-order valence-corrected chi connectivity index (χ0v) is 12.5. The quantitative estimate of drug-likeness (QED) is 0.752. The molecule has 1 aromatic carbocycles. The molecule has 0 spiro atoms. The first-order chi connectivity index (χ1) is 10.6. The third kappa shape index (κ3) is 2.79. The number of para-hydroxylation sites is 1. The fourth-order valence-corrected chi connectivity index (χ4v) is 2.74. The number of amides is 1. The number of carbonyl (C=O) groups excluding carboxylic acids is 2. The van der Waals surface area contributed by atoms with Gasteiger partial charge in [0.1, 0.15) is 6.33 Å². The Bertz CT molecular complexity index is 823. The normalized spacial score (nSPS) is 10.4. The lowest BCUT2D eigenvalue weighted by Gasteiger charge is -2.06. The van der Waals surface area contributed by atoms with Gasteiger partial charge < -0.3 is 0 Å². The molecular formula is C15H12N4O2S. The highest BCUT2D eigenvalue weighted by molar-refractivity contribution is 7.12. The second-order valence-corrected chi connectivity index (χ2v) is 5.48. The highest BCUT2D eigenvalue weighted by Gasteiger charge is 2.14. The van der Waals surface area contributed by atoms with Gasteiger partial charge in [0.15, 0.2) is 5.78 Å². The summed E-state index contributed by atoms with van der Waals surface area (Å²) in [7, 11) is 0. The molecule has 1 amide bonds. The van der Waals surface area contributed by atoms with Gasteiger partial charge in [0.2, 0.25) is 5.95 Å². The number of rotatable bonds is 4. The molecule has 3 rings (SSSR count). The molecule has 22 heavy (non-hydrogen) atoms. The van der Waals surface area contributed by atoms with Crippen LogP contribution in [0.15, 0.2) is 48.1 Å². The van der Waals surface area contributed by atoms with Gasteiger partial charge in [-0.05, 0) is 25.1 Å². The maximum Gasteiger partial charge on any atom is 0.268 e. The molecule has 0 aliphatic heterocycles. The zero-order chi connectivity index (χ0) is 15.5. The smallest absolute Gasteiger partial charge is 0.268 e. The molecule has 0 unspecified atom stereocenters. The molecule has 2 aromatic heterocycles. The largest absolute Gasteiger partial charge is 0.294 e. The van der Waals surface area contributed by atoms with Gasteiger partial charge in [0, 0.05) is 10.9 Å². The number of thiophene rings is 1. The van der Waals surface area contributed by atoms with E-state index in [1.54, 1.807) is 16.0 Å². The predicted molar refractivity (Wildman–Crippen MR) is 83.6 cm³/mol. The van der Waals surface area contributed by atoms with Crippen LogP contribution in [0.2, 0.25) is 0 Å². The molecule has 1 N–H and O–H groups in total. The molecule has 7 heteroatoms. The van der Waals surface area contributed by atoms with Crippen molar-refractivity contribution >= 4 is 29.0 Å². The van der Waals surface area contributed by atoms with E-state index in [-0.39, 0.29) is 11.7 Å². The van der Waals surface area contributed by atoms with Gasteiger partial charge in [-0.1, -0.05) is 18.2 Å². The zero-order valence-electron chi connectivity index (χ0n) is 11.7. The van der Waals surface area contributed by atoms with Crippen molar-refractivity contribution in [3.63, 3.8) is 0 Å². The molecule has 0 bridgehead atoms. The number of hydrogen-bond donors (Lipinski definition) is 1. The lowest BCUT2D eigenvalue weighted by Crippen LogP contribution is -2.14. The summed E-state index contributed by atoms with van der Waals surface area (Å²) >= 11 is 1.22. The minimum Gasteiger partial charge on any atom is -0.294 e. The Morgan fingerprint density at radius 3 is 2.68 bits per heavy atom. The number of hydrogen-bond acceptors (Lipinski definition) is 5. The Morgan fingerprint density at radius 2 is 2.00 bits per heavy atom. The van der Waals surface area contributed by atoms with E-state index in [9.17, 15) is 9.59 Å². The lowest BCUT2D eigenvalue weighted by molar-refractivity contribution is 0.101. The van der Waals surface area contributed by atoms with Gasteiger partial charge >= 0.3 is 0 Å². The summed E-state index contributed by atoms with van der Waals surface area (Å²) in [5.74, 6) is -0.0561. The monoisotopic (exact) mass is 312 g/mol. The summed E-state index contributed by atoms with van der Waals surface area (Å²) in [4.78, 5) is 24.0. The van der Waals surface area contributed by atoms with Crippen LogP contribution in [0.4, 0.5) is 5.95 Å². The first kappa shape index (κ1) is 14.2. The van der Waals surface area contributed by atoms with Crippen LogP contribution in [0.1, 0.15) is 27.0 Å². The second-order valence-electron chi connectivity index (χ2n) is 4.57. The molecule has 0 aliphatic carbocycles.